The van der Waals surface area contributed by atoms with Crippen LogP contribution in [0.5, 0.6) is 0 Å². The number of carbonyl (C=O) groups is 1. The van der Waals surface area contributed by atoms with Gasteiger partial charge in [0.1, 0.15) is 0 Å². The second-order valence-electron chi connectivity index (χ2n) is 4.68. The number of hydrogen-bond donors (Lipinski definition) is 0. The third kappa shape index (κ3) is 4.26. The minimum atomic E-state index is -5.62. The summed E-state index contributed by atoms with van der Waals surface area (Å²) in [5, 5.41) is 0.409. The van der Waals surface area contributed by atoms with Gasteiger partial charge in [0.15, 0.2) is 0 Å². The summed E-state index contributed by atoms with van der Waals surface area (Å²) in [5.41, 5.74) is 0. The first kappa shape index (κ1) is 17.6. The first-order valence-corrected chi connectivity index (χ1v) is 7.21. The molecule has 0 aliphatic heterocycles. The Hall–Kier alpha value is -0.470. The molecule has 0 aromatic rings. The number of hydrogen-bond acceptors (Lipinski definition) is 1. The Bertz CT molecular complexity index is 325. The van der Waals surface area contributed by atoms with Gasteiger partial charge in [0.05, 0.1) is 0 Å². The molecule has 0 aromatic carbocycles. The minimum absolute atomic E-state index is 0.0998. The van der Waals surface area contributed by atoms with E-state index in [1.54, 1.807) is 0 Å². The van der Waals surface area contributed by atoms with Gasteiger partial charge in [-0.15, -0.1) is 0 Å². The smallest absolute Gasteiger partial charge is 0.339 e. The SMILES string of the molecule is O=C(C(C(F)(F)F)C(F)(F)F)N(CCCBr)C1CCC1. The van der Waals surface area contributed by atoms with Gasteiger partial charge in [-0.05, 0) is 25.7 Å². The maximum atomic E-state index is 12.6. The van der Waals surface area contributed by atoms with E-state index in [1.165, 1.54) is 0 Å². The molecule has 1 fully saturated rings. The van der Waals surface area contributed by atoms with Crippen molar-refractivity contribution in [2.24, 2.45) is 5.92 Å². The van der Waals surface area contributed by atoms with E-state index >= 15 is 0 Å². The van der Waals surface area contributed by atoms with Crippen LogP contribution >= 0.6 is 15.9 Å². The van der Waals surface area contributed by atoms with Gasteiger partial charge < -0.3 is 4.90 Å². The number of alkyl halides is 7. The van der Waals surface area contributed by atoms with Gasteiger partial charge in [-0.3, -0.25) is 4.79 Å². The maximum Gasteiger partial charge on any atom is 0.409 e. The van der Waals surface area contributed by atoms with Crippen LogP contribution in [-0.4, -0.2) is 41.1 Å². The molecular formula is C11H14BrF6NO. The predicted molar refractivity (Wildman–Crippen MR) is 63.4 cm³/mol. The van der Waals surface area contributed by atoms with Gasteiger partial charge in [0.25, 0.3) is 0 Å². The molecule has 0 unspecified atom stereocenters. The van der Waals surface area contributed by atoms with Crippen molar-refractivity contribution in [1.29, 1.82) is 0 Å². The lowest BCUT2D eigenvalue weighted by Gasteiger charge is -2.40. The van der Waals surface area contributed by atoms with Crippen LogP contribution in [0, 0.1) is 5.92 Å². The summed E-state index contributed by atoms with van der Waals surface area (Å²) in [7, 11) is 0. The number of halogens is 7. The van der Waals surface area contributed by atoms with Gasteiger partial charge in [0, 0.05) is 17.9 Å². The quantitative estimate of drug-likeness (QED) is 0.531. The van der Waals surface area contributed by atoms with E-state index in [-0.39, 0.29) is 6.54 Å². The molecule has 9 heteroatoms. The molecule has 1 aliphatic carbocycles. The number of nitrogens with zero attached hydrogens (tertiary/aromatic N) is 1. The van der Waals surface area contributed by atoms with Gasteiger partial charge in [-0.2, -0.15) is 26.3 Å². The average molecular weight is 370 g/mol. The molecule has 118 valence electrons. The van der Waals surface area contributed by atoms with Crippen molar-refractivity contribution < 1.29 is 31.1 Å². The summed E-state index contributed by atoms with van der Waals surface area (Å²) in [4.78, 5) is 12.5. The minimum Gasteiger partial charge on any atom is -0.339 e. The van der Waals surface area contributed by atoms with Gasteiger partial charge in [-0.25, -0.2) is 0 Å². The van der Waals surface area contributed by atoms with Crippen molar-refractivity contribution in [2.75, 3.05) is 11.9 Å². The molecule has 1 rings (SSSR count). The zero-order chi connectivity index (χ0) is 15.6. The largest absolute Gasteiger partial charge is 0.409 e. The van der Waals surface area contributed by atoms with Crippen molar-refractivity contribution in [3.8, 4) is 0 Å². The Kier molecular flexibility index (Phi) is 5.74. The van der Waals surface area contributed by atoms with Gasteiger partial charge in [-0.1, -0.05) is 15.9 Å². The molecule has 1 aliphatic rings. The molecule has 0 aromatic heterocycles. The fourth-order valence-corrected chi connectivity index (χ4v) is 2.28. The Morgan fingerprint density at radius 2 is 1.65 bits per heavy atom. The van der Waals surface area contributed by atoms with E-state index in [1.807, 2.05) is 0 Å². The fraction of sp³-hybridized carbons (Fsp3) is 0.909. The van der Waals surface area contributed by atoms with E-state index in [2.05, 4.69) is 15.9 Å². The molecule has 0 radical (unpaired) electrons. The van der Waals surface area contributed by atoms with E-state index in [9.17, 15) is 31.1 Å². The highest BCUT2D eigenvalue weighted by Crippen LogP contribution is 2.41. The molecule has 0 atom stereocenters. The van der Waals surface area contributed by atoms with Crippen LogP contribution in [0.2, 0.25) is 0 Å². The number of amides is 1. The molecule has 0 saturated heterocycles. The first-order valence-electron chi connectivity index (χ1n) is 6.09. The lowest BCUT2D eigenvalue weighted by Crippen LogP contribution is -2.54. The summed E-state index contributed by atoms with van der Waals surface area (Å²) in [6.07, 6.45) is -9.31. The Balaban J connectivity index is 2.94. The van der Waals surface area contributed by atoms with Crippen molar-refractivity contribution in [1.82, 2.24) is 4.90 Å². The summed E-state index contributed by atoms with van der Waals surface area (Å²) in [6, 6.07) is -0.506. The van der Waals surface area contributed by atoms with Gasteiger partial charge >= 0.3 is 12.4 Å². The summed E-state index contributed by atoms with van der Waals surface area (Å²) in [5.74, 6) is -5.80. The standard InChI is InChI=1S/C11H14BrF6NO/c12-5-2-6-19(7-3-1-4-7)9(20)8(10(13,14)15)11(16,17)18/h7-8H,1-6H2. The normalized spacial score (nSPS) is 17.2. The van der Waals surface area contributed by atoms with Crippen LogP contribution in [0.15, 0.2) is 0 Å². The highest BCUT2D eigenvalue weighted by Gasteiger charge is 2.62. The maximum absolute atomic E-state index is 12.6. The summed E-state index contributed by atoms with van der Waals surface area (Å²) in [6.45, 7) is -0.0998. The molecule has 20 heavy (non-hydrogen) atoms. The van der Waals surface area contributed by atoms with Gasteiger partial charge in [0.2, 0.25) is 11.8 Å². The van der Waals surface area contributed by atoms with E-state index < -0.39 is 30.2 Å². The Labute approximate surface area is 120 Å². The molecule has 0 heterocycles. The third-order valence-electron chi connectivity index (χ3n) is 3.23. The Morgan fingerprint density at radius 1 is 1.15 bits per heavy atom. The van der Waals surface area contributed by atoms with Crippen molar-refractivity contribution in [2.45, 2.75) is 44.1 Å². The van der Waals surface area contributed by atoms with Crippen LogP contribution < -0.4 is 0 Å². The average Bonchev–Trinajstić information content (AvgIpc) is 2.16. The van der Waals surface area contributed by atoms with Crippen LogP contribution in [0.25, 0.3) is 0 Å². The molecule has 0 bridgehead atoms. The monoisotopic (exact) mass is 369 g/mol. The molecule has 0 spiro atoms. The van der Waals surface area contributed by atoms with Crippen LogP contribution in [0.1, 0.15) is 25.7 Å². The lowest BCUT2D eigenvalue weighted by molar-refractivity contribution is -0.278. The first-order chi connectivity index (χ1) is 9.09. The van der Waals surface area contributed by atoms with Crippen molar-refractivity contribution >= 4 is 21.8 Å². The van der Waals surface area contributed by atoms with Crippen LogP contribution in [0.4, 0.5) is 26.3 Å². The summed E-state index contributed by atoms with van der Waals surface area (Å²) >= 11 is 3.05. The molecule has 0 N–H and O–H groups in total. The van der Waals surface area contributed by atoms with E-state index in [0.717, 1.165) is 4.90 Å². The van der Waals surface area contributed by atoms with E-state index in [4.69, 9.17) is 0 Å². The van der Waals surface area contributed by atoms with E-state index in [0.29, 0.717) is 31.0 Å². The van der Waals surface area contributed by atoms with Crippen LogP contribution in [-0.2, 0) is 4.79 Å². The molecular weight excluding hydrogens is 356 g/mol. The second-order valence-corrected chi connectivity index (χ2v) is 5.47. The highest BCUT2D eigenvalue weighted by atomic mass is 79.9. The zero-order valence-corrected chi connectivity index (χ0v) is 12.0. The predicted octanol–water partition coefficient (Wildman–Crippen LogP) is 3.89. The topological polar surface area (TPSA) is 20.3 Å². The second kappa shape index (κ2) is 6.53. The van der Waals surface area contributed by atoms with Crippen molar-refractivity contribution in [3.63, 3.8) is 0 Å². The lowest BCUT2D eigenvalue weighted by atomic mass is 9.90. The molecule has 1 amide bonds. The van der Waals surface area contributed by atoms with Crippen LogP contribution in [0.3, 0.4) is 0 Å². The fourth-order valence-electron chi connectivity index (χ4n) is 2.03. The van der Waals surface area contributed by atoms with Crippen molar-refractivity contribution in [3.05, 3.63) is 0 Å². The Morgan fingerprint density at radius 3 is 1.95 bits per heavy atom. The third-order valence-corrected chi connectivity index (χ3v) is 3.79. The molecule has 1 saturated carbocycles. The number of rotatable bonds is 5. The molecule has 2 nitrogen and oxygen atoms in total. The number of carbonyl (C=O) groups excluding carboxylic acids is 1. The highest BCUT2D eigenvalue weighted by molar-refractivity contribution is 9.09. The summed E-state index contributed by atoms with van der Waals surface area (Å²) < 4.78 is 75.3. The zero-order valence-electron chi connectivity index (χ0n) is 10.4.